The van der Waals surface area contributed by atoms with Gasteiger partial charge in [0.1, 0.15) is 0 Å². The number of aryl methyl sites for hydroxylation is 1. The topological polar surface area (TPSA) is 62.3 Å². The fraction of sp³-hybridized carbons (Fsp3) is 0.250. The van der Waals surface area contributed by atoms with Gasteiger partial charge in [0.05, 0.1) is 6.42 Å². The molecule has 2 aliphatic rings. The largest absolute Gasteiger partial charge is 0.322 e. The van der Waals surface area contributed by atoms with E-state index in [2.05, 4.69) is 41.5 Å². The van der Waals surface area contributed by atoms with E-state index in [1.807, 2.05) is 41.3 Å². The molecule has 5 rings (SSSR count). The van der Waals surface area contributed by atoms with Crippen LogP contribution in [0.25, 0.3) is 5.57 Å². The summed E-state index contributed by atoms with van der Waals surface area (Å²) < 4.78 is 0. The standard InChI is InChI=1S/C28H27N3O2/c1-19-8-10-20(11-9-19)24-6-4-7-25(24)28(33)30-23-12-13-26-21(17-23)14-16-31(26)27(32)18-22-5-2-3-15-29-22/h2-3,5,8-13,15,17H,4,6-7,14,16,18H2,1H3,(H,30,33). The molecule has 2 amide bonds. The van der Waals surface area contributed by atoms with Crippen molar-refractivity contribution in [1.29, 1.82) is 0 Å². The fourth-order valence-corrected chi connectivity index (χ4v) is 4.77. The van der Waals surface area contributed by atoms with Crippen LogP contribution < -0.4 is 10.2 Å². The molecule has 2 heterocycles. The van der Waals surface area contributed by atoms with E-state index in [1.165, 1.54) is 5.56 Å². The lowest BCUT2D eigenvalue weighted by Gasteiger charge is -2.17. The minimum absolute atomic E-state index is 0.0240. The molecule has 1 aromatic heterocycles. The summed E-state index contributed by atoms with van der Waals surface area (Å²) in [6, 6.07) is 19.9. The second-order valence-corrected chi connectivity index (χ2v) is 8.77. The van der Waals surface area contributed by atoms with Gasteiger partial charge in [-0.25, -0.2) is 0 Å². The number of carbonyl (C=O) groups is 2. The molecule has 0 saturated carbocycles. The van der Waals surface area contributed by atoms with Crippen LogP contribution in [-0.2, 0) is 22.4 Å². The van der Waals surface area contributed by atoms with E-state index in [-0.39, 0.29) is 18.2 Å². The van der Waals surface area contributed by atoms with Crippen LogP contribution in [0.2, 0.25) is 0 Å². The van der Waals surface area contributed by atoms with E-state index in [9.17, 15) is 9.59 Å². The summed E-state index contributed by atoms with van der Waals surface area (Å²) in [6.45, 7) is 2.72. The number of rotatable bonds is 5. The van der Waals surface area contributed by atoms with Gasteiger partial charge in [-0.15, -0.1) is 0 Å². The Morgan fingerprint density at radius 2 is 1.85 bits per heavy atom. The third-order valence-electron chi connectivity index (χ3n) is 6.48. The minimum Gasteiger partial charge on any atom is -0.322 e. The monoisotopic (exact) mass is 437 g/mol. The molecule has 0 fully saturated rings. The first-order valence-electron chi connectivity index (χ1n) is 11.5. The van der Waals surface area contributed by atoms with Crippen LogP contribution in [-0.4, -0.2) is 23.3 Å². The fourth-order valence-electron chi connectivity index (χ4n) is 4.77. The Hall–Kier alpha value is -3.73. The second kappa shape index (κ2) is 9.02. The number of hydrogen-bond acceptors (Lipinski definition) is 3. The third kappa shape index (κ3) is 4.44. The number of fused-ring (bicyclic) bond motifs is 1. The molecule has 0 radical (unpaired) electrons. The molecule has 166 valence electrons. The van der Waals surface area contributed by atoms with Gasteiger partial charge in [-0.2, -0.15) is 0 Å². The molecule has 3 aromatic rings. The minimum atomic E-state index is -0.0240. The predicted octanol–water partition coefficient (Wildman–Crippen LogP) is 5.10. The van der Waals surface area contributed by atoms with Crippen molar-refractivity contribution in [3.05, 3.63) is 94.8 Å². The first-order valence-corrected chi connectivity index (χ1v) is 11.5. The van der Waals surface area contributed by atoms with Crippen LogP contribution in [0.3, 0.4) is 0 Å². The van der Waals surface area contributed by atoms with E-state index in [0.717, 1.165) is 65.0 Å². The molecule has 2 aromatic carbocycles. The van der Waals surface area contributed by atoms with Crippen LogP contribution in [0.5, 0.6) is 0 Å². The first kappa shape index (κ1) is 21.1. The number of benzene rings is 2. The molecular weight excluding hydrogens is 410 g/mol. The maximum atomic E-state index is 13.1. The normalized spacial score (nSPS) is 15.0. The number of aromatic nitrogens is 1. The Balaban J connectivity index is 1.31. The van der Waals surface area contributed by atoms with Gasteiger partial charge in [-0.05, 0) is 79.6 Å². The molecule has 0 unspecified atom stereocenters. The molecule has 0 bridgehead atoms. The predicted molar refractivity (Wildman–Crippen MR) is 131 cm³/mol. The SMILES string of the molecule is Cc1ccc(C2=C(C(=O)Nc3ccc4c(c3)CCN4C(=O)Cc3ccccn3)CCC2)cc1. The van der Waals surface area contributed by atoms with Crippen LogP contribution in [0.4, 0.5) is 11.4 Å². The van der Waals surface area contributed by atoms with E-state index >= 15 is 0 Å². The molecule has 33 heavy (non-hydrogen) atoms. The van der Waals surface area contributed by atoms with E-state index in [0.29, 0.717) is 6.54 Å². The Labute approximate surface area is 194 Å². The van der Waals surface area contributed by atoms with Crippen molar-refractivity contribution in [2.75, 3.05) is 16.8 Å². The smallest absolute Gasteiger partial charge is 0.251 e. The highest BCUT2D eigenvalue weighted by atomic mass is 16.2. The summed E-state index contributed by atoms with van der Waals surface area (Å²) in [5.74, 6) is 0.0205. The van der Waals surface area contributed by atoms with Gasteiger partial charge in [-0.1, -0.05) is 35.9 Å². The molecule has 0 saturated heterocycles. The Morgan fingerprint density at radius 1 is 1.00 bits per heavy atom. The summed E-state index contributed by atoms with van der Waals surface area (Å²) in [4.78, 5) is 32.0. The zero-order valence-corrected chi connectivity index (χ0v) is 18.8. The van der Waals surface area contributed by atoms with Crippen molar-refractivity contribution in [1.82, 2.24) is 4.98 Å². The van der Waals surface area contributed by atoms with E-state index in [4.69, 9.17) is 0 Å². The number of allylic oxidation sites excluding steroid dienone is 1. The van der Waals surface area contributed by atoms with Crippen LogP contribution >= 0.6 is 0 Å². The number of hydrogen-bond donors (Lipinski definition) is 1. The number of pyridine rings is 1. The van der Waals surface area contributed by atoms with Gasteiger partial charge in [0.25, 0.3) is 5.91 Å². The summed E-state index contributed by atoms with van der Waals surface area (Å²) in [5, 5.41) is 3.10. The lowest BCUT2D eigenvalue weighted by Crippen LogP contribution is -2.30. The molecule has 5 heteroatoms. The molecule has 1 N–H and O–H groups in total. The van der Waals surface area contributed by atoms with Gasteiger partial charge >= 0.3 is 0 Å². The lowest BCUT2D eigenvalue weighted by molar-refractivity contribution is -0.118. The van der Waals surface area contributed by atoms with Crippen LogP contribution in [0.15, 0.2) is 72.4 Å². The molecule has 1 aliphatic carbocycles. The van der Waals surface area contributed by atoms with Gasteiger partial charge < -0.3 is 10.2 Å². The van der Waals surface area contributed by atoms with Crippen molar-refractivity contribution >= 4 is 28.8 Å². The van der Waals surface area contributed by atoms with Crippen molar-refractivity contribution in [3.63, 3.8) is 0 Å². The number of nitrogens with one attached hydrogen (secondary N) is 1. The summed E-state index contributed by atoms with van der Waals surface area (Å²) in [7, 11) is 0. The molecule has 1 aliphatic heterocycles. The average molecular weight is 438 g/mol. The summed E-state index contributed by atoms with van der Waals surface area (Å²) in [6.07, 6.45) is 5.52. The number of carbonyl (C=O) groups excluding carboxylic acids is 2. The maximum absolute atomic E-state index is 13.1. The van der Waals surface area contributed by atoms with Crippen molar-refractivity contribution in [2.45, 2.75) is 39.0 Å². The highest BCUT2D eigenvalue weighted by Crippen LogP contribution is 2.35. The molecule has 0 spiro atoms. The Kier molecular flexibility index (Phi) is 5.78. The Bertz CT molecular complexity index is 1230. The van der Waals surface area contributed by atoms with Gasteiger partial charge in [0.2, 0.25) is 5.91 Å². The van der Waals surface area contributed by atoms with Crippen LogP contribution in [0, 0.1) is 6.92 Å². The van der Waals surface area contributed by atoms with Crippen LogP contribution in [0.1, 0.15) is 41.6 Å². The average Bonchev–Trinajstić information content (AvgIpc) is 3.47. The molecule has 0 atom stereocenters. The van der Waals surface area contributed by atoms with Crippen molar-refractivity contribution in [3.8, 4) is 0 Å². The van der Waals surface area contributed by atoms with Gasteiger partial charge in [0, 0.05) is 35.4 Å². The quantitative estimate of drug-likeness (QED) is 0.604. The molecular formula is C28H27N3O2. The highest BCUT2D eigenvalue weighted by Gasteiger charge is 2.26. The summed E-state index contributed by atoms with van der Waals surface area (Å²) in [5.41, 5.74) is 7.95. The van der Waals surface area contributed by atoms with E-state index < -0.39 is 0 Å². The van der Waals surface area contributed by atoms with Gasteiger partial charge in [-0.3, -0.25) is 14.6 Å². The lowest BCUT2D eigenvalue weighted by atomic mass is 10.0. The number of anilines is 2. The third-order valence-corrected chi connectivity index (χ3v) is 6.48. The zero-order chi connectivity index (χ0) is 22.8. The zero-order valence-electron chi connectivity index (χ0n) is 18.8. The number of amides is 2. The maximum Gasteiger partial charge on any atom is 0.251 e. The first-order chi connectivity index (χ1) is 16.1. The second-order valence-electron chi connectivity index (χ2n) is 8.77. The number of nitrogens with zero attached hydrogens (tertiary/aromatic N) is 2. The summed E-state index contributed by atoms with van der Waals surface area (Å²) >= 11 is 0. The van der Waals surface area contributed by atoms with Crippen molar-refractivity contribution < 1.29 is 9.59 Å². The van der Waals surface area contributed by atoms with E-state index in [1.54, 1.807) is 6.20 Å². The molecule has 5 nitrogen and oxygen atoms in total. The van der Waals surface area contributed by atoms with Gasteiger partial charge in [0.15, 0.2) is 0 Å². The Morgan fingerprint density at radius 3 is 2.64 bits per heavy atom. The highest BCUT2D eigenvalue weighted by molar-refractivity contribution is 6.09. The van der Waals surface area contributed by atoms with Crippen molar-refractivity contribution in [2.24, 2.45) is 0 Å².